The second-order valence-corrected chi connectivity index (χ2v) is 6.57. The van der Waals surface area contributed by atoms with E-state index < -0.39 is 11.9 Å². The van der Waals surface area contributed by atoms with Crippen molar-refractivity contribution in [1.82, 2.24) is 14.7 Å². The van der Waals surface area contributed by atoms with Gasteiger partial charge in [0, 0.05) is 18.8 Å². The van der Waals surface area contributed by atoms with Crippen molar-refractivity contribution in [2.24, 2.45) is 5.92 Å². The molecule has 1 saturated heterocycles. The van der Waals surface area contributed by atoms with Crippen LogP contribution in [0.25, 0.3) is 5.69 Å². The number of rotatable bonds is 3. The van der Waals surface area contributed by atoms with E-state index in [1.165, 1.54) is 4.90 Å². The van der Waals surface area contributed by atoms with Gasteiger partial charge >= 0.3 is 5.97 Å². The molecule has 1 aromatic heterocycles. The molecule has 1 N–H and O–H groups in total. The predicted molar refractivity (Wildman–Crippen MR) is 90.0 cm³/mol. The Morgan fingerprint density at radius 2 is 2.00 bits per heavy atom. The van der Waals surface area contributed by atoms with E-state index in [2.05, 4.69) is 5.10 Å². The molecule has 1 fully saturated rings. The number of benzene rings is 1. The minimum absolute atomic E-state index is 0.215. The summed E-state index contributed by atoms with van der Waals surface area (Å²) in [6.07, 6.45) is 0.466. The Morgan fingerprint density at radius 3 is 2.62 bits per heavy atom. The van der Waals surface area contributed by atoms with E-state index in [0.29, 0.717) is 28.7 Å². The highest BCUT2D eigenvalue weighted by Crippen LogP contribution is 2.25. The number of hydrogen-bond acceptors (Lipinski definition) is 3. The van der Waals surface area contributed by atoms with Crippen molar-refractivity contribution in [2.45, 2.75) is 13.3 Å². The number of aromatic nitrogens is 2. The van der Waals surface area contributed by atoms with Gasteiger partial charge in [-0.2, -0.15) is 5.10 Å². The van der Waals surface area contributed by atoms with Crippen LogP contribution in [0, 0.1) is 12.8 Å². The largest absolute Gasteiger partial charge is 0.481 e. The molecule has 0 spiro atoms. The number of carbonyl (C=O) groups is 2. The summed E-state index contributed by atoms with van der Waals surface area (Å²) < 4.78 is 1.61. The Hall–Kier alpha value is -2.05. The van der Waals surface area contributed by atoms with E-state index in [-0.39, 0.29) is 18.1 Å². The summed E-state index contributed by atoms with van der Waals surface area (Å²) in [5, 5.41) is 14.2. The molecule has 1 aliphatic heterocycles. The van der Waals surface area contributed by atoms with Crippen molar-refractivity contribution in [3.8, 4) is 5.69 Å². The molecule has 2 heterocycles. The standard InChI is InChI=1S/C16H15Cl2N3O3/c1-9-6-14(15(22)20-5-4-10(8-20)16(23)24)19-21(9)11-2-3-12(17)13(18)7-11/h2-3,6-7,10H,4-5,8H2,1H3,(H,23,24). The number of hydrogen-bond donors (Lipinski definition) is 1. The molecule has 0 radical (unpaired) electrons. The normalized spacial score (nSPS) is 17.3. The van der Waals surface area contributed by atoms with Gasteiger partial charge in [0.1, 0.15) is 0 Å². The number of carboxylic acids is 1. The topological polar surface area (TPSA) is 75.4 Å². The lowest BCUT2D eigenvalue weighted by Crippen LogP contribution is -2.30. The smallest absolute Gasteiger partial charge is 0.308 e. The highest BCUT2D eigenvalue weighted by molar-refractivity contribution is 6.42. The molecule has 8 heteroatoms. The van der Waals surface area contributed by atoms with E-state index in [1.807, 2.05) is 6.92 Å². The number of halogens is 2. The van der Waals surface area contributed by atoms with Gasteiger partial charge in [0.2, 0.25) is 0 Å². The van der Waals surface area contributed by atoms with Crippen molar-refractivity contribution in [2.75, 3.05) is 13.1 Å². The third-order valence-electron chi connectivity index (χ3n) is 4.08. The monoisotopic (exact) mass is 367 g/mol. The molecule has 24 heavy (non-hydrogen) atoms. The maximum absolute atomic E-state index is 12.5. The van der Waals surface area contributed by atoms with Gasteiger partial charge in [-0.05, 0) is 37.6 Å². The van der Waals surface area contributed by atoms with Gasteiger partial charge in [-0.15, -0.1) is 0 Å². The Kier molecular flexibility index (Phi) is 4.51. The number of likely N-dealkylation sites (tertiary alicyclic amines) is 1. The maximum Gasteiger partial charge on any atom is 0.308 e. The van der Waals surface area contributed by atoms with Crippen LogP contribution in [-0.4, -0.2) is 44.8 Å². The third-order valence-corrected chi connectivity index (χ3v) is 4.82. The van der Waals surface area contributed by atoms with Crippen LogP contribution in [-0.2, 0) is 4.79 Å². The molecule has 0 aliphatic carbocycles. The molecule has 3 rings (SSSR count). The van der Waals surface area contributed by atoms with Gasteiger partial charge in [0.25, 0.3) is 5.91 Å². The number of carboxylic acid groups (broad SMARTS) is 1. The SMILES string of the molecule is Cc1cc(C(=O)N2CCC(C(=O)O)C2)nn1-c1ccc(Cl)c(Cl)c1. The molecule has 6 nitrogen and oxygen atoms in total. The Balaban J connectivity index is 1.85. The zero-order valence-electron chi connectivity index (χ0n) is 12.9. The summed E-state index contributed by atoms with van der Waals surface area (Å²) in [6.45, 7) is 2.47. The van der Waals surface area contributed by atoms with E-state index in [1.54, 1.807) is 28.9 Å². The molecule has 1 aromatic carbocycles. The van der Waals surface area contributed by atoms with Crippen molar-refractivity contribution < 1.29 is 14.7 Å². The first kappa shape index (κ1) is 16.8. The summed E-state index contributed by atoms with van der Waals surface area (Å²) in [5.74, 6) is -1.64. The van der Waals surface area contributed by atoms with Gasteiger partial charge in [0.05, 0.1) is 21.7 Å². The average molecular weight is 368 g/mol. The van der Waals surface area contributed by atoms with Crippen molar-refractivity contribution in [1.29, 1.82) is 0 Å². The van der Waals surface area contributed by atoms with Crippen molar-refractivity contribution in [3.63, 3.8) is 0 Å². The van der Waals surface area contributed by atoms with Gasteiger partial charge in [-0.25, -0.2) is 4.68 Å². The Bertz CT molecular complexity index is 819. The van der Waals surface area contributed by atoms with Gasteiger partial charge < -0.3 is 10.0 Å². The predicted octanol–water partition coefficient (Wildman–Crippen LogP) is 3.03. The minimum Gasteiger partial charge on any atom is -0.481 e. The summed E-state index contributed by atoms with van der Waals surface area (Å²) in [5.41, 5.74) is 1.75. The second kappa shape index (κ2) is 6.45. The molecule has 1 aliphatic rings. The van der Waals surface area contributed by atoms with E-state index in [9.17, 15) is 9.59 Å². The van der Waals surface area contributed by atoms with Crippen LogP contribution in [0.5, 0.6) is 0 Å². The molecule has 126 valence electrons. The van der Waals surface area contributed by atoms with Gasteiger partial charge in [-0.1, -0.05) is 23.2 Å². The van der Waals surface area contributed by atoms with Crippen LogP contribution < -0.4 is 0 Å². The third kappa shape index (κ3) is 3.12. The number of aliphatic carboxylic acids is 1. The lowest BCUT2D eigenvalue weighted by molar-refractivity contribution is -0.141. The average Bonchev–Trinajstić information content (AvgIpc) is 3.16. The van der Waals surface area contributed by atoms with Crippen molar-refractivity contribution in [3.05, 3.63) is 45.7 Å². The lowest BCUT2D eigenvalue weighted by atomic mass is 10.1. The number of aryl methyl sites for hydroxylation is 1. The number of carbonyl (C=O) groups excluding carboxylic acids is 1. The zero-order chi connectivity index (χ0) is 17.4. The van der Waals surface area contributed by atoms with Crippen LogP contribution in [0.1, 0.15) is 22.6 Å². The number of amides is 1. The first-order valence-corrected chi connectivity index (χ1v) is 8.16. The molecule has 0 saturated carbocycles. The molecule has 1 atom stereocenters. The van der Waals surface area contributed by atoms with Crippen LogP contribution in [0.15, 0.2) is 24.3 Å². The second-order valence-electron chi connectivity index (χ2n) is 5.76. The van der Waals surface area contributed by atoms with E-state index >= 15 is 0 Å². The summed E-state index contributed by atoms with van der Waals surface area (Å²) >= 11 is 11.9. The first-order valence-electron chi connectivity index (χ1n) is 7.41. The number of nitrogens with zero attached hydrogens (tertiary/aromatic N) is 3. The lowest BCUT2D eigenvalue weighted by Gasteiger charge is -2.13. The highest BCUT2D eigenvalue weighted by Gasteiger charge is 2.32. The van der Waals surface area contributed by atoms with E-state index in [4.69, 9.17) is 28.3 Å². The Morgan fingerprint density at radius 1 is 1.25 bits per heavy atom. The fourth-order valence-electron chi connectivity index (χ4n) is 2.77. The van der Waals surface area contributed by atoms with E-state index in [0.717, 1.165) is 5.69 Å². The molecule has 2 aromatic rings. The summed E-state index contributed by atoms with van der Waals surface area (Å²) in [7, 11) is 0. The molecule has 1 amide bonds. The fourth-order valence-corrected chi connectivity index (χ4v) is 3.06. The Labute approximate surface area is 148 Å². The first-order chi connectivity index (χ1) is 11.4. The fraction of sp³-hybridized carbons (Fsp3) is 0.312. The van der Waals surface area contributed by atoms with Crippen LogP contribution in [0.4, 0.5) is 0 Å². The van der Waals surface area contributed by atoms with Crippen LogP contribution >= 0.6 is 23.2 Å². The van der Waals surface area contributed by atoms with Crippen molar-refractivity contribution >= 4 is 35.1 Å². The molecular weight excluding hydrogens is 353 g/mol. The van der Waals surface area contributed by atoms with Gasteiger partial charge in [-0.3, -0.25) is 9.59 Å². The maximum atomic E-state index is 12.5. The molecule has 1 unspecified atom stereocenters. The van der Waals surface area contributed by atoms with Crippen LogP contribution in [0.3, 0.4) is 0 Å². The van der Waals surface area contributed by atoms with Crippen LogP contribution in [0.2, 0.25) is 10.0 Å². The van der Waals surface area contributed by atoms with Gasteiger partial charge in [0.15, 0.2) is 5.69 Å². The quantitative estimate of drug-likeness (QED) is 0.904. The molecular formula is C16H15Cl2N3O3. The minimum atomic E-state index is -0.872. The summed E-state index contributed by atoms with van der Waals surface area (Å²) in [4.78, 5) is 25.1. The highest BCUT2D eigenvalue weighted by atomic mass is 35.5. The molecule has 0 bridgehead atoms. The zero-order valence-corrected chi connectivity index (χ0v) is 14.4. The summed E-state index contributed by atoms with van der Waals surface area (Å²) in [6, 6.07) is 6.78.